The zero-order valence-corrected chi connectivity index (χ0v) is 20.7. The van der Waals surface area contributed by atoms with Crippen LogP contribution in [0.1, 0.15) is 103 Å². The molecule has 0 N–H and O–H groups in total. The van der Waals surface area contributed by atoms with Crippen LogP contribution in [0.15, 0.2) is 48.5 Å². The van der Waals surface area contributed by atoms with Crippen LogP contribution in [0.4, 0.5) is 0 Å². The SMILES string of the molecule is CCC.CCC.CCCCc1ccc(C)cc1.Cc1ccc(C(C)(C)C)cc1. The van der Waals surface area contributed by atoms with E-state index in [1.165, 1.54) is 54.4 Å². The zero-order valence-electron chi connectivity index (χ0n) is 20.7. The predicted octanol–water partition coefficient (Wildman–Crippen LogP) is 9.46. The van der Waals surface area contributed by atoms with Crippen LogP contribution in [0.5, 0.6) is 0 Å². The predicted molar refractivity (Wildman–Crippen MR) is 132 cm³/mol. The lowest BCUT2D eigenvalue weighted by Crippen LogP contribution is -2.10. The monoisotopic (exact) mass is 384 g/mol. The highest BCUT2D eigenvalue weighted by molar-refractivity contribution is 5.26. The van der Waals surface area contributed by atoms with E-state index in [1.807, 2.05) is 0 Å². The molecule has 2 aromatic carbocycles. The summed E-state index contributed by atoms with van der Waals surface area (Å²) in [5.41, 5.74) is 5.84. The van der Waals surface area contributed by atoms with Crippen LogP contribution >= 0.6 is 0 Å². The smallest absolute Gasteiger partial charge is 0.0132 e. The Balaban J connectivity index is 0. The van der Waals surface area contributed by atoms with Crippen molar-refractivity contribution >= 4 is 0 Å². The largest absolute Gasteiger partial charge is 0.0656 e. The van der Waals surface area contributed by atoms with Gasteiger partial charge in [-0.25, -0.2) is 0 Å². The first-order chi connectivity index (χ1) is 13.2. The maximum Gasteiger partial charge on any atom is -0.0132 e. The normalized spacial score (nSPS) is 9.79. The van der Waals surface area contributed by atoms with Crippen molar-refractivity contribution in [1.82, 2.24) is 0 Å². The molecule has 0 nitrogen and oxygen atoms in total. The minimum absolute atomic E-state index is 0.285. The van der Waals surface area contributed by atoms with Crippen LogP contribution in [0, 0.1) is 13.8 Å². The standard InChI is InChI=1S/2C11H16.2C3H8/c1-9-5-7-10(8-6-9)11(2,3)4;1-3-4-5-11-8-6-10(2)7-9-11;2*1-3-2/h5-8H,1-4H3;6-9H,3-5H2,1-2H3;2*3H2,1-2H3. The number of rotatable bonds is 3. The zero-order chi connectivity index (χ0) is 22.0. The molecule has 0 saturated heterocycles. The minimum Gasteiger partial charge on any atom is -0.0656 e. The van der Waals surface area contributed by atoms with Crippen LogP contribution in [-0.2, 0) is 11.8 Å². The Hall–Kier alpha value is -1.56. The maximum atomic E-state index is 2.23. The molecule has 2 aromatic rings. The lowest BCUT2D eigenvalue weighted by molar-refractivity contribution is 0.590. The number of benzene rings is 2. The summed E-state index contributed by atoms with van der Waals surface area (Å²) in [6.07, 6.45) is 6.33. The highest BCUT2D eigenvalue weighted by Crippen LogP contribution is 2.21. The third-order valence-electron chi connectivity index (χ3n) is 3.86. The van der Waals surface area contributed by atoms with E-state index in [-0.39, 0.29) is 5.41 Å². The highest BCUT2D eigenvalue weighted by atomic mass is 14.2. The van der Waals surface area contributed by atoms with Crippen molar-refractivity contribution in [2.45, 2.75) is 107 Å². The average molecular weight is 385 g/mol. The van der Waals surface area contributed by atoms with Gasteiger partial charge in [0.1, 0.15) is 0 Å². The Morgan fingerprint density at radius 3 is 1.29 bits per heavy atom. The third kappa shape index (κ3) is 16.6. The molecule has 0 aliphatic heterocycles. The van der Waals surface area contributed by atoms with E-state index in [4.69, 9.17) is 0 Å². The molecule has 2 rings (SSSR count). The number of hydrogen-bond acceptors (Lipinski definition) is 0. The van der Waals surface area contributed by atoms with Gasteiger partial charge in [-0.15, -0.1) is 0 Å². The molecule has 0 aliphatic rings. The molecule has 0 aliphatic carbocycles. The van der Waals surface area contributed by atoms with Crippen molar-refractivity contribution < 1.29 is 0 Å². The molecule has 0 radical (unpaired) electrons. The summed E-state index contributed by atoms with van der Waals surface area (Å²) in [7, 11) is 0. The van der Waals surface area contributed by atoms with Gasteiger partial charge in [0.05, 0.1) is 0 Å². The van der Waals surface area contributed by atoms with Gasteiger partial charge in [-0.1, -0.05) is 134 Å². The van der Waals surface area contributed by atoms with Crippen molar-refractivity contribution in [2.24, 2.45) is 0 Å². The summed E-state index contributed by atoms with van der Waals surface area (Å²) in [4.78, 5) is 0. The number of hydrogen-bond donors (Lipinski definition) is 0. The topological polar surface area (TPSA) is 0 Å². The molecule has 28 heavy (non-hydrogen) atoms. The fourth-order valence-electron chi connectivity index (χ4n) is 2.19. The van der Waals surface area contributed by atoms with Crippen LogP contribution < -0.4 is 0 Å². The Morgan fingerprint density at radius 2 is 0.964 bits per heavy atom. The van der Waals surface area contributed by atoms with Gasteiger partial charge in [-0.05, 0) is 43.2 Å². The molecule has 0 saturated carbocycles. The summed E-state index contributed by atoms with van der Waals surface area (Å²) in [5, 5.41) is 0. The van der Waals surface area contributed by atoms with Gasteiger partial charge in [0, 0.05) is 0 Å². The van der Waals surface area contributed by atoms with E-state index in [0.29, 0.717) is 0 Å². The molecule has 160 valence electrons. The lowest BCUT2D eigenvalue weighted by Gasteiger charge is -2.18. The van der Waals surface area contributed by atoms with E-state index >= 15 is 0 Å². The van der Waals surface area contributed by atoms with Crippen molar-refractivity contribution in [2.75, 3.05) is 0 Å². The quantitative estimate of drug-likeness (QED) is 0.494. The van der Waals surface area contributed by atoms with Gasteiger partial charge in [0.25, 0.3) is 0 Å². The number of aryl methyl sites for hydroxylation is 3. The van der Waals surface area contributed by atoms with E-state index in [2.05, 4.69) is 118 Å². The van der Waals surface area contributed by atoms with Crippen molar-refractivity contribution in [3.63, 3.8) is 0 Å². The number of unbranched alkanes of at least 4 members (excludes halogenated alkanes) is 1. The minimum atomic E-state index is 0.285. The molecule has 0 unspecified atom stereocenters. The van der Waals surface area contributed by atoms with Crippen LogP contribution in [0.2, 0.25) is 0 Å². The Morgan fingerprint density at radius 1 is 0.607 bits per heavy atom. The summed E-state index contributed by atoms with van der Waals surface area (Å²) < 4.78 is 0. The maximum absolute atomic E-state index is 2.23. The van der Waals surface area contributed by atoms with Gasteiger partial charge >= 0.3 is 0 Å². The summed E-state index contributed by atoms with van der Waals surface area (Å²) in [5.74, 6) is 0. The second-order valence-electron chi connectivity index (χ2n) is 8.62. The second kappa shape index (κ2) is 17.5. The fraction of sp³-hybridized carbons (Fsp3) is 0.571. The van der Waals surface area contributed by atoms with Crippen molar-refractivity contribution in [3.8, 4) is 0 Å². The fourth-order valence-corrected chi connectivity index (χ4v) is 2.19. The first-order valence-electron chi connectivity index (χ1n) is 11.3. The second-order valence-corrected chi connectivity index (χ2v) is 8.62. The summed E-state index contributed by atoms with van der Waals surface area (Å²) in [6, 6.07) is 17.6. The first-order valence-corrected chi connectivity index (χ1v) is 11.3. The molecular formula is C28H48. The average Bonchev–Trinajstić information content (AvgIpc) is 2.63. The van der Waals surface area contributed by atoms with Gasteiger partial charge in [0.2, 0.25) is 0 Å². The molecule has 0 bridgehead atoms. The van der Waals surface area contributed by atoms with Crippen LogP contribution in [0.3, 0.4) is 0 Å². The van der Waals surface area contributed by atoms with E-state index in [9.17, 15) is 0 Å². The van der Waals surface area contributed by atoms with E-state index < -0.39 is 0 Å². The Bertz CT molecular complexity index is 550. The van der Waals surface area contributed by atoms with E-state index in [1.54, 1.807) is 0 Å². The molecule has 0 amide bonds. The Kier molecular flexibility index (Phi) is 17.9. The molecule has 0 aromatic heterocycles. The van der Waals surface area contributed by atoms with Gasteiger partial charge < -0.3 is 0 Å². The molecule has 0 heteroatoms. The van der Waals surface area contributed by atoms with Gasteiger partial charge in [0.15, 0.2) is 0 Å². The van der Waals surface area contributed by atoms with Crippen molar-refractivity contribution in [3.05, 3.63) is 70.8 Å². The highest BCUT2D eigenvalue weighted by Gasteiger charge is 2.11. The summed E-state index contributed by atoms with van der Waals surface area (Å²) in [6.45, 7) is 21.7. The molecule has 0 atom stereocenters. The molecule has 0 spiro atoms. The van der Waals surface area contributed by atoms with Gasteiger partial charge in [-0.3, -0.25) is 0 Å². The van der Waals surface area contributed by atoms with Crippen LogP contribution in [0.25, 0.3) is 0 Å². The van der Waals surface area contributed by atoms with Crippen LogP contribution in [-0.4, -0.2) is 0 Å². The Labute approximate surface area is 177 Å². The summed E-state index contributed by atoms with van der Waals surface area (Å²) >= 11 is 0. The molecule has 0 fully saturated rings. The molecule has 0 heterocycles. The van der Waals surface area contributed by atoms with Gasteiger partial charge in [-0.2, -0.15) is 0 Å². The van der Waals surface area contributed by atoms with Crippen molar-refractivity contribution in [1.29, 1.82) is 0 Å². The third-order valence-corrected chi connectivity index (χ3v) is 3.86. The molecular weight excluding hydrogens is 336 g/mol. The lowest BCUT2D eigenvalue weighted by atomic mass is 9.87. The first kappa shape index (κ1) is 28.6. The van der Waals surface area contributed by atoms with E-state index in [0.717, 1.165) is 0 Å².